The SMILES string of the molecule is O=C(O)CCC(=O)OC[C@@H]1CN(C(=O)OC2CCCC2)CC[C@H]1c1ccc(F)cc1. The van der Waals surface area contributed by atoms with E-state index in [1.54, 1.807) is 17.0 Å². The molecule has 164 valence electrons. The molecule has 1 aromatic rings. The van der Waals surface area contributed by atoms with Gasteiger partial charge in [0.2, 0.25) is 0 Å². The topological polar surface area (TPSA) is 93.1 Å². The summed E-state index contributed by atoms with van der Waals surface area (Å²) in [6.07, 6.45) is 3.70. The number of ether oxygens (including phenoxy) is 2. The van der Waals surface area contributed by atoms with Crippen molar-refractivity contribution in [2.24, 2.45) is 5.92 Å². The molecule has 1 aliphatic carbocycles. The maximum atomic E-state index is 13.3. The molecule has 1 heterocycles. The minimum absolute atomic E-state index is 0.00611. The molecule has 0 aromatic heterocycles. The van der Waals surface area contributed by atoms with E-state index in [1.165, 1.54) is 12.1 Å². The Kier molecular flexibility index (Phi) is 7.65. The Bertz CT molecular complexity index is 746. The van der Waals surface area contributed by atoms with Crippen molar-refractivity contribution in [2.45, 2.75) is 57.0 Å². The number of aliphatic carboxylic acids is 1. The van der Waals surface area contributed by atoms with Crippen LogP contribution in [0, 0.1) is 11.7 Å². The number of carbonyl (C=O) groups is 3. The van der Waals surface area contributed by atoms with Crippen LogP contribution < -0.4 is 0 Å². The third kappa shape index (κ3) is 6.18. The van der Waals surface area contributed by atoms with E-state index >= 15 is 0 Å². The lowest BCUT2D eigenvalue weighted by molar-refractivity contribution is -0.149. The first-order chi connectivity index (χ1) is 14.4. The largest absolute Gasteiger partial charge is 0.481 e. The minimum atomic E-state index is -1.06. The van der Waals surface area contributed by atoms with Crippen LogP contribution in [0.25, 0.3) is 0 Å². The summed E-state index contributed by atoms with van der Waals surface area (Å²) in [4.78, 5) is 36.8. The number of carboxylic acid groups (broad SMARTS) is 1. The summed E-state index contributed by atoms with van der Waals surface area (Å²) in [7, 11) is 0. The summed E-state index contributed by atoms with van der Waals surface area (Å²) in [6, 6.07) is 6.22. The number of halogens is 1. The van der Waals surface area contributed by atoms with Gasteiger partial charge in [-0.15, -0.1) is 0 Å². The van der Waals surface area contributed by atoms with E-state index in [2.05, 4.69) is 0 Å². The minimum Gasteiger partial charge on any atom is -0.481 e. The number of esters is 1. The van der Waals surface area contributed by atoms with Crippen molar-refractivity contribution >= 4 is 18.0 Å². The van der Waals surface area contributed by atoms with Gasteiger partial charge >= 0.3 is 18.0 Å². The normalized spacial score (nSPS) is 22.0. The van der Waals surface area contributed by atoms with Crippen LogP contribution in [0.15, 0.2) is 24.3 Å². The Hall–Kier alpha value is -2.64. The van der Waals surface area contributed by atoms with Gasteiger partial charge in [-0.25, -0.2) is 9.18 Å². The lowest BCUT2D eigenvalue weighted by atomic mass is 9.81. The van der Waals surface area contributed by atoms with E-state index in [0.29, 0.717) is 19.5 Å². The number of carbonyl (C=O) groups excluding carboxylic acids is 2. The van der Waals surface area contributed by atoms with E-state index in [4.69, 9.17) is 14.6 Å². The number of nitrogens with zero attached hydrogens (tertiary/aromatic N) is 1. The highest BCUT2D eigenvalue weighted by molar-refractivity contribution is 5.76. The van der Waals surface area contributed by atoms with Crippen LogP contribution in [0.2, 0.25) is 0 Å². The van der Waals surface area contributed by atoms with Crippen molar-refractivity contribution in [3.63, 3.8) is 0 Å². The average molecular weight is 421 g/mol. The molecular weight excluding hydrogens is 393 g/mol. The molecule has 1 amide bonds. The van der Waals surface area contributed by atoms with E-state index in [1.807, 2.05) is 0 Å². The van der Waals surface area contributed by atoms with Gasteiger partial charge in [-0.3, -0.25) is 9.59 Å². The zero-order valence-corrected chi connectivity index (χ0v) is 16.9. The molecule has 30 heavy (non-hydrogen) atoms. The molecule has 3 rings (SSSR count). The van der Waals surface area contributed by atoms with Crippen molar-refractivity contribution in [1.29, 1.82) is 0 Å². The molecule has 2 aliphatic rings. The van der Waals surface area contributed by atoms with Gasteiger partial charge in [0.25, 0.3) is 0 Å². The van der Waals surface area contributed by atoms with Gasteiger partial charge in [0, 0.05) is 19.0 Å². The third-order valence-electron chi connectivity index (χ3n) is 5.86. The Balaban J connectivity index is 1.63. The molecule has 1 saturated carbocycles. The smallest absolute Gasteiger partial charge is 0.410 e. The first-order valence-electron chi connectivity index (χ1n) is 10.5. The third-order valence-corrected chi connectivity index (χ3v) is 5.86. The molecule has 7 nitrogen and oxygen atoms in total. The monoisotopic (exact) mass is 421 g/mol. The lowest BCUT2D eigenvalue weighted by Crippen LogP contribution is -2.45. The zero-order valence-electron chi connectivity index (χ0n) is 16.9. The lowest BCUT2D eigenvalue weighted by Gasteiger charge is -2.38. The highest BCUT2D eigenvalue weighted by Gasteiger charge is 2.35. The highest BCUT2D eigenvalue weighted by atomic mass is 19.1. The first kappa shape index (κ1) is 22.1. The maximum Gasteiger partial charge on any atom is 0.410 e. The van der Waals surface area contributed by atoms with Crippen molar-refractivity contribution in [2.75, 3.05) is 19.7 Å². The van der Waals surface area contributed by atoms with Crippen molar-refractivity contribution < 1.29 is 33.4 Å². The molecule has 8 heteroatoms. The van der Waals surface area contributed by atoms with Gasteiger partial charge in [-0.2, -0.15) is 0 Å². The number of hydrogen-bond acceptors (Lipinski definition) is 5. The van der Waals surface area contributed by atoms with E-state index in [0.717, 1.165) is 31.2 Å². The number of amides is 1. The van der Waals surface area contributed by atoms with Gasteiger partial charge in [-0.05, 0) is 55.7 Å². The standard InChI is InChI=1S/C22H28FNO6/c23-17-7-5-15(6-8-17)19-11-12-24(22(28)30-18-3-1-2-4-18)13-16(19)14-29-21(27)10-9-20(25)26/h5-8,16,18-19H,1-4,9-14H2,(H,25,26)/t16-,19-/m0/s1. The second kappa shape index (κ2) is 10.4. The van der Waals surface area contributed by atoms with Crippen LogP contribution in [0.3, 0.4) is 0 Å². The number of carboxylic acids is 1. The molecule has 1 saturated heterocycles. The molecule has 1 aromatic carbocycles. The van der Waals surface area contributed by atoms with Crippen LogP contribution in [-0.4, -0.2) is 53.8 Å². The quantitative estimate of drug-likeness (QED) is 0.675. The fourth-order valence-electron chi connectivity index (χ4n) is 4.22. The molecular formula is C22H28FNO6. The van der Waals surface area contributed by atoms with Gasteiger partial charge < -0.3 is 19.5 Å². The Labute approximate surface area is 175 Å². The van der Waals surface area contributed by atoms with Crippen LogP contribution in [-0.2, 0) is 19.1 Å². The van der Waals surface area contributed by atoms with E-state index in [9.17, 15) is 18.8 Å². The van der Waals surface area contributed by atoms with Crippen LogP contribution >= 0.6 is 0 Å². The zero-order chi connectivity index (χ0) is 21.5. The predicted octanol–water partition coefficient (Wildman–Crippen LogP) is 3.72. The Morgan fingerprint density at radius 3 is 2.43 bits per heavy atom. The van der Waals surface area contributed by atoms with Gasteiger partial charge in [-0.1, -0.05) is 12.1 Å². The predicted molar refractivity (Wildman–Crippen MR) is 105 cm³/mol. The Morgan fingerprint density at radius 1 is 1.07 bits per heavy atom. The molecule has 0 unspecified atom stereocenters. The molecule has 0 spiro atoms. The average Bonchev–Trinajstić information content (AvgIpc) is 3.24. The molecule has 1 aliphatic heterocycles. The Morgan fingerprint density at radius 2 is 1.77 bits per heavy atom. The summed E-state index contributed by atoms with van der Waals surface area (Å²) < 4.78 is 24.3. The van der Waals surface area contributed by atoms with Gasteiger partial charge in [0.05, 0.1) is 19.4 Å². The second-order valence-corrected chi connectivity index (χ2v) is 8.02. The van der Waals surface area contributed by atoms with Crippen molar-refractivity contribution in [3.8, 4) is 0 Å². The maximum absolute atomic E-state index is 13.3. The fraction of sp³-hybridized carbons (Fsp3) is 0.591. The van der Waals surface area contributed by atoms with Crippen molar-refractivity contribution in [1.82, 2.24) is 4.90 Å². The molecule has 0 radical (unpaired) electrons. The van der Waals surface area contributed by atoms with Gasteiger partial charge in [0.1, 0.15) is 11.9 Å². The van der Waals surface area contributed by atoms with Crippen LogP contribution in [0.4, 0.5) is 9.18 Å². The van der Waals surface area contributed by atoms with Crippen LogP contribution in [0.5, 0.6) is 0 Å². The summed E-state index contributed by atoms with van der Waals surface area (Å²) in [5, 5.41) is 8.71. The summed E-state index contributed by atoms with van der Waals surface area (Å²) in [5.74, 6) is -2.16. The highest BCUT2D eigenvalue weighted by Crippen LogP contribution is 2.34. The summed E-state index contributed by atoms with van der Waals surface area (Å²) in [5.41, 5.74) is 0.923. The van der Waals surface area contributed by atoms with E-state index in [-0.39, 0.29) is 49.3 Å². The number of rotatable bonds is 7. The van der Waals surface area contributed by atoms with E-state index < -0.39 is 11.9 Å². The summed E-state index contributed by atoms with van der Waals surface area (Å²) in [6.45, 7) is 0.935. The number of benzene rings is 1. The molecule has 1 N–H and O–H groups in total. The second-order valence-electron chi connectivity index (χ2n) is 8.02. The molecule has 2 fully saturated rings. The number of likely N-dealkylation sites (tertiary alicyclic amines) is 1. The molecule has 0 bridgehead atoms. The van der Waals surface area contributed by atoms with Crippen LogP contribution in [0.1, 0.15) is 56.4 Å². The van der Waals surface area contributed by atoms with Gasteiger partial charge in [0.15, 0.2) is 0 Å². The first-order valence-corrected chi connectivity index (χ1v) is 10.5. The molecule has 2 atom stereocenters. The fourth-order valence-corrected chi connectivity index (χ4v) is 4.22. The van der Waals surface area contributed by atoms with Crippen molar-refractivity contribution in [3.05, 3.63) is 35.6 Å². The summed E-state index contributed by atoms with van der Waals surface area (Å²) >= 11 is 0. The number of hydrogen-bond donors (Lipinski definition) is 1. The number of piperidine rings is 1.